The van der Waals surface area contributed by atoms with E-state index in [4.69, 9.17) is 11.6 Å². The van der Waals surface area contributed by atoms with E-state index in [1.807, 2.05) is 55.5 Å². The van der Waals surface area contributed by atoms with Gasteiger partial charge in [-0.1, -0.05) is 117 Å². The molecule has 47 heavy (non-hydrogen) atoms. The Kier molecular flexibility index (Phi) is 11.7. The van der Waals surface area contributed by atoms with Crippen molar-refractivity contribution in [2.24, 2.45) is 0 Å². The van der Waals surface area contributed by atoms with Gasteiger partial charge in [0.25, 0.3) is 10.0 Å². The first kappa shape index (κ1) is 34.2. The van der Waals surface area contributed by atoms with E-state index in [-0.39, 0.29) is 29.8 Å². The molecule has 1 N–H and O–H groups in total. The van der Waals surface area contributed by atoms with E-state index in [0.29, 0.717) is 17.1 Å². The fourth-order valence-corrected chi connectivity index (χ4v) is 7.90. The Labute approximate surface area is 283 Å². The molecule has 0 bridgehead atoms. The molecule has 4 aromatic rings. The zero-order chi connectivity index (χ0) is 33.2. The average molecular weight is 672 g/mol. The van der Waals surface area contributed by atoms with Gasteiger partial charge in [0, 0.05) is 24.0 Å². The van der Waals surface area contributed by atoms with E-state index in [1.165, 1.54) is 21.3 Å². The molecule has 1 aliphatic rings. The van der Waals surface area contributed by atoms with Crippen LogP contribution in [0.5, 0.6) is 0 Å². The molecular formula is C38H42ClN3O4S. The van der Waals surface area contributed by atoms with Gasteiger partial charge >= 0.3 is 0 Å². The van der Waals surface area contributed by atoms with Gasteiger partial charge in [0.1, 0.15) is 12.6 Å². The monoisotopic (exact) mass is 671 g/mol. The molecule has 1 aliphatic carbocycles. The summed E-state index contributed by atoms with van der Waals surface area (Å²) in [5.41, 5.74) is 2.85. The van der Waals surface area contributed by atoms with Crippen LogP contribution in [0.1, 0.15) is 55.7 Å². The number of halogens is 1. The maximum absolute atomic E-state index is 14.7. The maximum Gasteiger partial charge on any atom is 0.264 e. The number of hydrogen-bond donors (Lipinski definition) is 1. The lowest BCUT2D eigenvalue weighted by Gasteiger charge is -2.35. The third-order valence-electron chi connectivity index (χ3n) is 8.72. The molecule has 0 spiro atoms. The number of amides is 2. The Bertz CT molecular complexity index is 1750. The van der Waals surface area contributed by atoms with Crippen LogP contribution in [0.4, 0.5) is 5.69 Å². The molecule has 0 unspecified atom stereocenters. The topological polar surface area (TPSA) is 86.8 Å². The molecule has 0 aliphatic heterocycles. The van der Waals surface area contributed by atoms with E-state index in [1.54, 1.807) is 48.5 Å². The number of hydrogen-bond acceptors (Lipinski definition) is 4. The molecule has 0 heterocycles. The van der Waals surface area contributed by atoms with Crippen molar-refractivity contribution in [1.29, 1.82) is 0 Å². The molecule has 0 radical (unpaired) electrons. The first-order valence-corrected chi connectivity index (χ1v) is 18.1. The van der Waals surface area contributed by atoms with Crippen molar-refractivity contribution in [3.05, 3.63) is 131 Å². The minimum absolute atomic E-state index is 0.0315. The zero-order valence-electron chi connectivity index (χ0n) is 26.7. The van der Waals surface area contributed by atoms with Crippen molar-refractivity contribution in [3.8, 4) is 0 Å². The highest BCUT2D eigenvalue weighted by Crippen LogP contribution is 2.29. The second kappa shape index (κ2) is 16.1. The summed E-state index contributed by atoms with van der Waals surface area (Å²) in [6, 6.07) is 31.3. The molecule has 5 rings (SSSR count). The minimum Gasteiger partial charge on any atom is -0.352 e. The summed E-state index contributed by atoms with van der Waals surface area (Å²) in [7, 11) is -4.16. The van der Waals surface area contributed by atoms with Gasteiger partial charge in [-0.25, -0.2) is 8.42 Å². The van der Waals surface area contributed by atoms with Crippen LogP contribution in [-0.4, -0.2) is 43.8 Å². The van der Waals surface area contributed by atoms with Gasteiger partial charge in [-0.2, -0.15) is 0 Å². The van der Waals surface area contributed by atoms with Gasteiger partial charge in [0.15, 0.2) is 0 Å². The second-order valence-electron chi connectivity index (χ2n) is 12.0. The molecule has 0 aromatic heterocycles. The SMILES string of the molecule is CCc1ccccc1N(CC(=O)N(Cc1cccc(Cl)c1)[C@@H](Cc1ccccc1)C(=O)NC1CCCCC1)S(=O)(=O)c1ccccc1. The summed E-state index contributed by atoms with van der Waals surface area (Å²) in [6.45, 7) is 1.53. The van der Waals surface area contributed by atoms with Crippen LogP contribution >= 0.6 is 11.6 Å². The molecule has 9 heteroatoms. The third kappa shape index (κ3) is 8.82. The highest BCUT2D eigenvalue weighted by atomic mass is 35.5. The summed E-state index contributed by atoms with van der Waals surface area (Å²) < 4.78 is 29.7. The molecule has 0 saturated heterocycles. The Morgan fingerprint density at radius 2 is 1.47 bits per heavy atom. The second-order valence-corrected chi connectivity index (χ2v) is 14.3. The number of aryl methyl sites for hydroxylation is 1. The molecule has 1 fully saturated rings. The van der Waals surface area contributed by atoms with Crippen molar-refractivity contribution < 1.29 is 18.0 Å². The predicted octanol–water partition coefficient (Wildman–Crippen LogP) is 7.19. The lowest BCUT2D eigenvalue weighted by Crippen LogP contribution is -2.55. The zero-order valence-corrected chi connectivity index (χ0v) is 28.3. The number of carbonyl (C=O) groups is 2. The van der Waals surface area contributed by atoms with Crippen LogP contribution < -0.4 is 9.62 Å². The quantitative estimate of drug-likeness (QED) is 0.163. The van der Waals surface area contributed by atoms with Gasteiger partial charge in [0.2, 0.25) is 11.8 Å². The Hall–Kier alpha value is -4.14. The fourth-order valence-electron chi connectivity index (χ4n) is 6.22. The van der Waals surface area contributed by atoms with Crippen molar-refractivity contribution >= 4 is 39.1 Å². The summed E-state index contributed by atoms with van der Waals surface area (Å²) in [5, 5.41) is 3.75. The number of para-hydroxylation sites is 1. The fraction of sp³-hybridized carbons (Fsp3) is 0.316. The van der Waals surface area contributed by atoms with E-state index in [0.717, 1.165) is 48.8 Å². The van der Waals surface area contributed by atoms with Crippen LogP contribution in [0.2, 0.25) is 5.02 Å². The van der Waals surface area contributed by atoms with Gasteiger partial charge in [0.05, 0.1) is 10.6 Å². The number of anilines is 1. The first-order valence-electron chi connectivity index (χ1n) is 16.3. The number of rotatable bonds is 13. The van der Waals surface area contributed by atoms with Crippen LogP contribution in [0.25, 0.3) is 0 Å². The molecule has 1 saturated carbocycles. The molecule has 1 atom stereocenters. The lowest BCUT2D eigenvalue weighted by atomic mass is 9.94. The summed E-state index contributed by atoms with van der Waals surface area (Å²) in [5.74, 6) is -0.738. The number of nitrogens with one attached hydrogen (secondary N) is 1. The Morgan fingerprint density at radius 1 is 0.830 bits per heavy atom. The average Bonchev–Trinajstić information content (AvgIpc) is 3.10. The summed E-state index contributed by atoms with van der Waals surface area (Å²) in [6.07, 6.45) is 5.85. The number of nitrogens with zero attached hydrogens (tertiary/aromatic N) is 2. The van der Waals surface area contributed by atoms with Crippen molar-refractivity contribution in [2.45, 2.75) is 75.4 Å². The van der Waals surface area contributed by atoms with Crippen molar-refractivity contribution in [3.63, 3.8) is 0 Å². The third-order valence-corrected chi connectivity index (χ3v) is 10.7. The highest BCUT2D eigenvalue weighted by Gasteiger charge is 2.36. The lowest BCUT2D eigenvalue weighted by molar-refractivity contribution is -0.140. The summed E-state index contributed by atoms with van der Waals surface area (Å²) in [4.78, 5) is 30.6. The maximum atomic E-state index is 14.7. The smallest absolute Gasteiger partial charge is 0.264 e. The Morgan fingerprint density at radius 3 is 2.15 bits per heavy atom. The van der Waals surface area contributed by atoms with E-state index >= 15 is 0 Å². The minimum atomic E-state index is -4.16. The standard InChI is InChI=1S/C38H42ClN3O4S/c1-2-31-18-12-13-24-35(31)42(47(45,46)34-22-10-5-11-23-34)28-37(43)41(27-30-17-14-19-32(39)25-30)36(26-29-15-6-3-7-16-29)38(44)40-33-20-8-4-9-21-33/h3,5-7,10-19,22-25,33,36H,2,4,8-9,20-21,26-28H2,1H3,(H,40,44)/t36-/m0/s1. The van der Waals surface area contributed by atoms with Gasteiger partial charge in [-0.05, 0) is 66.3 Å². The number of sulfonamides is 1. The number of carbonyl (C=O) groups excluding carboxylic acids is 2. The van der Waals surface area contributed by atoms with Gasteiger partial charge < -0.3 is 10.2 Å². The molecule has 4 aromatic carbocycles. The van der Waals surface area contributed by atoms with Gasteiger partial charge in [-0.15, -0.1) is 0 Å². The highest BCUT2D eigenvalue weighted by molar-refractivity contribution is 7.92. The molecule has 246 valence electrons. The van der Waals surface area contributed by atoms with E-state index < -0.39 is 28.5 Å². The van der Waals surface area contributed by atoms with E-state index in [2.05, 4.69) is 5.32 Å². The van der Waals surface area contributed by atoms with Gasteiger partial charge in [-0.3, -0.25) is 13.9 Å². The first-order chi connectivity index (χ1) is 22.8. The summed E-state index contributed by atoms with van der Waals surface area (Å²) >= 11 is 6.36. The number of benzene rings is 4. The largest absolute Gasteiger partial charge is 0.352 e. The van der Waals surface area contributed by atoms with Crippen molar-refractivity contribution in [2.75, 3.05) is 10.8 Å². The molecule has 7 nitrogen and oxygen atoms in total. The Balaban J connectivity index is 1.58. The van der Waals surface area contributed by atoms with Crippen molar-refractivity contribution in [1.82, 2.24) is 10.2 Å². The molecular weight excluding hydrogens is 630 g/mol. The van der Waals surface area contributed by atoms with E-state index in [9.17, 15) is 18.0 Å². The normalized spacial score (nSPS) is 14.3. The van der Waals surface area contributed by atoms with Crippen LogP contribution in [-0.2, 0) is 39.0 Å². The van der Waals surface area contributed by atoms with Crippen LogP contribution in [0, 0.1) is 0 Å². The van der Waals surface area contributed by atoms with Crippen LogP contribution in [0.15, 0.2) is 114 Å². The van der Waals surface area contributed by atoms with Crippen LogP contribution in [0.3, 0.4) is 0 Å². The molecule has 2 amide bonds. The predicted molar refractivity (Wildman–Crippen MR) is 188 cm³/mol.